The third-order valence-corrected chi connectivity index (χ3v) is 8.44. The Hall–Kier alpha value is -4.01. The zero-order valence-electron chi connectivity index (χ0n) is 24.1. The lowest BCUT2D eigenvalue weighted by Gasteiger charge is -2.29. The van der Waals surface area contributed by atoms with Crippen molar-refractivity contribution < 1.29 is 17.9 Å². The summed E-state index contributed by atoms with van der Waals surface area (Å²) in [5.74, 6) is -0.373. The molecule has 0 saturated carbocycles. The van der Waals surface area contributed by atoms with Crippen LogP contribution < -0.4 is 20.5 Å². The highest BCUT2D eigenvalue weighted by Gasteiger charge is 2.28. The fourth-order valence-electron chi connectivity index (χ4n) is 5.48. The molecule has 0 unspecified atom stereocenters. The summed E-state index contributed by atoms with van der Waals surface area (Å²) in [6, 6.07) is 6.61. The van der Waals surface area contributed by atoms with Gasteiger partial charge in [0.15, 0.2) is 5.69 Å². The van der Waals surface area contributed by atoms with E-state index in [1.54, 1.807) is 17.7 Å². The number of anilines is 2. The molecule has 6 rings (SSSR count). The molecule has 0 radical (unpaired) electrons. The van der Waals surface area contributed by atoms with Gasteiger partial charge in [0.05, 0.1) is 53.8 Å². The van der Waals surface area contributed by atoms with E-state index in [2.05, 4.69) is 21.4 Å². The van der Waals surface area contributed by atoms with Gasteiger partial charge >= 0.3 is 0 Å². The standard InChI is InChI=1S/C28H31ClN8O5S/c1-15-9-19(16(2)30-22-5-6-23(29)31-25(22)26(38)34-43(4,40)41)24-20(10-15)27(39)35(3)28(32-24)36-8-7-21-17(11-36)12-37(33-21)18-13-42-14-18/h5-6,9-10,12,16,18,30H,7-8,11,13-14H2,1-4H3,(H,34,38)/t16-/m1/s1. The predicted octanol–water partition coefficient (Wildman–Crippen LogP) is 2.48. The van der Waals surface area contributed by atoms with Crippen LogP contribution in [0.15, 0.2) is 35.3 Å². The number of amides is 1. The zero-order chi connectivity index (χ0) is 30.6. The van der Waals surface area contributed by atoms with Gasteiger partial charge in [-0.15, -0.1) is 0 Å². The summed E-state index contributed by atoms with van der Waals surface area (Å²) < 4.78 is 34.2. The van der Waals surface area contributed by atoms with Gasteiger partial charge in [-0.3, -0.25) is 18.8 Å². The molecule has 1 amide bonds. The third-order valence-electron chi connectivity index (χ3n) is 7.68. The number of ether oxygens (including phenoxy) is 1. The van der Waals surface area contributed by atoms with E-state index in [4.69, 9.17) is 26.4 Å². The first-order chi connectivity index (χ1) is 20.4. The molecule has 2 aliphatic heterocycles. The Morgan fingerprint density at radius 3 is 2.67 bits per heavy atom. The van der Waals surface area contributed by atoms with E-state index < -0.39 is 22.0 Å². The molecule has 0 aliphatic carbocycles. The number of aromatic nitrogens is 5. The van der Waals surface area contributed by atoms with Gasteiger partial charge in [0.1, 0.15) is 5.15 Å². The van der Waals surface area contributed by atoms with Gasteiger partial charge in [-0.2, -0.15) is 5.10 Å². The van der Waals surface area contributed by atoms with Crippen molar-refractivity contribution in [3.8, 4) is 0 Å². The van der Waals surface area contributed by atoms with Gasteiger partial charge in [-0.05, 0) is 37.6 Å². The molecule has 0 spiro atoms. The van der Waals surface area contributed by atoms with E-state index >= 15 is 0 Å². The Labute approximate surface area is 252 Å². The molecule has 1 aromatic carbocycles. The number of carbonyl (C=O) groups is 1. The van der Waals surface area contributed by atoms with Crippen LogP contribution in [0.3, 0.4) is 0 Å². The van der Waals surface area contributed by atoms with Crippen molar-refractivity contribution >= 4 is 50.1 Å². The van der Waals surface area contributed by atoms with Crippen LogP contribution in [0.4, 0.5) is 11.6 Å². The largest absolute Gasteiger partial charge is 0.377 e. The first-order valence-electron chi connectivity index (χ1n) is 13.7. The Morgan fingerprint density at radius 2 is 1.98 bits per heavy atom. The minimum Gasteiger partial charge on any atom is -0.377 e. The number of fused-ring (bicyclic) bond motifs is 2. The van der Waals surface area contributed by atoms with E-state index in [1.807, 2.05) is 35.4 Å². The lowest BCUT2D eigenvalue weighted by molar-refractivity contribution is -0.0287. The Balaban J connectivity index is 1.36. The third kappa shape index (κ3) is 5.69. The van der Waals surface area contributed by atoms with Crippen molar-refractivity contribution in [1.29, 1.82) is 0 Å². The normalized spacial score (nSPS) is 16.1. The molecular weight excluding hydrogens is 596 g/mol. The van der Waals surface area contributed by atoms with Crippen LogP contribution in [0.5, 0.6) is 0 Å². The van der Waals surface area contributed by atoms with E-state index in [0.717, 1.165) is 35.1 Å². The van der Waals surface area contributed by atoms with Crippen molar-refractivity contribution in [3.63, 3.8) is 0 Å². The summed E-state index contributed by atoms with van der Waals surface area (Å²) in [6.45, 7) is 6.31. The maximum Gasteiger partial charge on any atom is 0.285 e. The van der Waals surface area contributed by atoms with Gasteiger partial charge in [-0.1, -0.05) is 17.7 Å². The van der Waals surface area contributed by atoms with Crippen LogP contribution >= 0.6 is 11.6 Å². The van der Waals surface area contributed by atoms with Crippen LogP contribution in [0, 0.1) is 6.92 Å². The van der Waals surface area contributed by atoms with Gasteiger partial charge in [-0.25, -0.2) is 23.1 Å². The summed E-state index contributed by atoms with van der Waals surface area (Å²) in [4.78, 5) is 37.6. The van der Waals surface area contributed by atoms with E-state index in [0.29, 0.717) is 43.2 Å². The molecule has 1 fully saturated rings. The smallest absolute Gasteiger partial charge is 0.285 e. The fourth-order valence-corrected chi connectivity index (χ4v) is 6.06. The van der Waals surface area contributed by atoms with Gasteiger partial charge < -0.3 is 15.0 Å². The molecule has 43 heavy (non-hydrogen) atoms. The number of hydrogen-bond donors (Lipinski definition) is 2. The van der Waals surface area contributed by atoms with Crippen LogP contribution in [-0.4, -0.2) is 64.7 Å². The number of nitrogens with zero attached hydrogens (tertiary/aromatic N) is 6. The zero-order valence-corrected chi connectivity index (χ0v) is 25.7. The van der Waals surface area contributed by atoms with E-state index in [1.165, 1.54) is 6.07 Å². The summed E-state index contributed by atoms with van der Waals surface area (Å²) in [6.07, 6.45) is 3.67. The number of rotatable bonds is 7. The number of carbonyl (C=O) groups excluding carboxylic acids is 1. The van der Waals surface area contributed by atoms with Gasteiger partial charge in [0, 0.05) is 43.9 Å². The monoisotopic (exact) mass is 626 g/mol. The minimum atomic E-state index is -3.83. The fraction of sp³-hybridized carbons (Fsp3) is 0.393. The lowest BCUT2D eigenvalue weighted by Crippen LogP contribution is -2.36. The van der Waals surface area contributed by atoms with E-state index in [9.17, 15) is 18.0 Å². The molecule has 13 nitrogen and oxygen atoms in total. The molecule has 226 valence electrons. The van der Waals surface area contributed by atoms with Crippen LogP contribution in [-0.2, 0) is 34.8 Å². The van der Waals surface area contributed by atoms with Crippen molar-refractivity contribution in [2.45, 2.75) is 38.9 Å². The average Bonchev–Trinajstić information content (AvgIpc) is 3.32. The molecule has 2 aliphatic rings. The van der Waals surface area contributed by atoms with Gasteiger partial charge in [0.2, 0.25) is 16.0 Å². The summed E-state index contributed by atoms with van der Waals surface area (Å²) >= 11 is 6.04. The number of aryl methyl sites for hydroxylation is 1. The van der Waals surface area contributed by atoms with Crippen LogP contribution in [0.1, 0.15) is 51.9 Å². The lowest BCUT2D eigenvalue weighted by atomic mass is 10.0. The van der Waals surface area contributed by atoms with Crippen molar-refractivity contribution in [3.05, 3.63) is 74.0 Å². The first-order valence-corrected chi connectivity index (χ1v) is 16.0. The maximum absolute atomic E-state index is 13.7. The molecule has 0 bridgehead atoms. The molecular formula is C28H31ClN8O5S. The second-order valence-corrected chi connectivity index (χ2v) is 13.2. The number of hydrogen-bond acceptors (Lipinski definition) is 10. The molecule has 4 aromatic rings. The maximum atomic E-state index is 13.7. The SMILES string of the molecule is Cc1cc([C@@H](C)Nc2ccc(Cl)nc2C(=O)NS(C)(=O)=O)c2nc(N3CCc4nn(C5COC5)cc4C3)n(C)c(=O)c2c1. The summed E-state index contributed by atoms with van der Waals surface area (Å²) in [7, 11) is -2.11. The average molecular weight is 627 g/mol. The minimum absolute atomic E-state index is 0.0314. The first kappa shape index (κ1) is 29.1. The van der Waals surface area contributed by atoms with Crippen molar-refractivity contribution in [2.24, 2.45) is 7.05 Å². The summed E-state index contributed by atoms with van der Waals surface area (Å²) in [5, 5.41) is 8.51. The Kier molecular flexibility index (Phi) is 7.39. The number of pyridine rings is 1. The molecule has 2 N–H and O–H groups in total. The molecule has 15 heteroatoms. The Bertz CT molecular complexity index is 1940. The number of sulfonamides is 1. The second kappa shape index (κ2) is 10.9. The number of nitrogens with one attached hydrogen (secondary N) is 2. The molecule has 5 heterocycles. The van der Waals surface area contributed by atoms with Crippen LogP contribution in [0.25, 0.3) is 10.9 Å². The van der Waals surface area contributed by atoms with Crippen molar-refractivity contribution in [2.75, 3.05) is 36.2 Å². The van der Waals surface area contributed by atoms with Crippen molar-refractivity contribution in [1.82, 2.24) is 29.0 Å². The highest BCUT2D eigenvalue weighted by molar-refractivity contribution is 7.89. The van der Waals surface area contributed by atoms with Gasteiger partial charge in [0.25, 0.3) is 11.5 Å². The molecule has 1 saturated heterocycles. The Morgan fingerprint density at radius 1 is 1.21 bits per heavy atom. The van der Waals surface area contributed by atoms with Crippen LogP contribution in [0.2, 0.25) is 5.15 Å². The topological polar surface area (TPSA) is 153 Å². The number of halogens is 1. The highest BCUT2D eigenvalue weighted by Crippen LogP contribution is 2.31. The van der Waals surface area contributed by atoms with E-state index in [-0.39, 0.29) is 28.1 Å². The highest BCUT2D eigenvalue weighted by atomic mass is 35.5. The quantitative estimate of drug-likeness (QED) is 0.293. The second-order valence-electron chi connectivity index (χ2n) is 11.1. The molecule has 1 atom stereocenters. The predicted molar refractivity (Wildman–Crippen MR) is 162 cm³/mol. The molecule has 3 aromatic heterocycles. The summed E-state index contributed by atoms with van der Waals surface area (Å²) in [5.41, 5.74) is 4.19. The number of benzene rings is 1.